The highest BCUT2D eigenvalue weighted by Crippen LogP contribution is 2.12. The zero-order valence-corrected chi connectivity index (χ0v) is 14.3. The number of carbonyl (C=O) groups excluding carboxylic acids is 2. The maximum atomic E-state index is 12.4. The van der Waals surface area contributed by atoms with Gasteiger partial charge < -0.3 is 15.1 Å². The second-order valence-corrected chi connectivity index (χ2v) is 5.99. The van der Waals surface area contributed by atoms with E-state index in [9.17, 15) is 9.59 Å². The van der Waals surface area contributed by atoms with Crippen LogP contribution in [0.4, 0.5) is 10.5 Å². The smallest absolute Gasteiger partial charge is 0.321 e. The summed E-state index contributed by atoms with van der Waals surface area (Å²) < 4.78 is 0. The van der Waals surface area contributed by atoms with E-state index >= 15 is 0 Å². The van der Waals surface area contributed by atoms with E-state index in [1.165, 1.54) is 0 Å². The maximum Gasteiger partial charge on any atom is 0.321 e. The number of nitrogens with zero attached hydrogens (tertiary/aromatic N) is 4. The van der Waals surface area contributed by atoms with Crippen molar-refractivity contribution >= 4 is 17.6 Å². The Hall–Kier alpha value is -3.40. The first kappa shape index (κ1) is 17.4. The molecule has 3 amide bonds. The zero-order chi connectivity index (χ0) is 18.4. The van der Waals surface area contributed by atoms with Gasteiger partial charge in [0.2, 0.25) is 5.91 Å². The summed E-state index contributed by atoms with van der Waals surface area (Å²) >= 11 is 0. The van der Waals surface area contributed by atoms with Crippen LogP contribution in [0.15, 0.2) is 48.7 Å². The molecule has 7 heteroatoms. The highest BCUT2D eigenvalue weighted by molar-refractivity contribution is 5.89. The van der Waals surface area contributed by atoms with Crippen LogP contribution in [0.2, 0.25) is 0 Å². The molecule has 26 heavy (non-hydrogen) atoms. The molecule has 0 unspecified atom stereocenters. The van der Waals surface area contributed by atoms with Crippen molar-refractivity contribution in [3.8, 4) is 6.07 Å². The molecular weight excluding hydrogens is 330 g/mol. The highest BCUT2D eigenvalue weighted by Gasteiger charge is 2.24. The summed E-state index contributed by atoms with van der Waals surface area (Å²) in [7, 11) is 0. The minimum Gasteiger partial charge on any atom is -0.339 e. The number of piperazine rings is 1. The summed E-state index contributed by atoms with van der Waals surface area (Å²) in [6, 6.07) is 14.1. The molecule has 2 aromatic rings. The number of nitriles is 1. The lowest BCUT2D eigenvalue weighted by Gasteiger charge is -2.34. The Labute approximate surface area is 151 Å². The molecule has 0 bridgehead atoms. The van der Waals surface area contributed by atoms with E-state index in [0.717, 1.165) is 5.69 Å². The summed E-state index contributed by atoms with van der Waals surface area (Å²) in [6.45, 7) is 1.93. The first-order valence-corrected chi connectivity index (χ1v) is 8.39. The van der Waals surface area contributed by atoms with Crippen LogP contribution in [-0.2, 0) is 11.2 Å². The number of rotatable bonds is 3. The van der Waals surface area contributed by atoms with Crippen LogP contribution in [0.5, 0.6) is 0 Å². The Bertz CT molecular complexity index is 823. The molecule has 1 aliphatic heterocycles. The first-order chi connectivity index (χ1) is 12.7. The van der Waals surface area contributed by atoms with Gasteiger partial charge >= 0.3 is 6.03 Å². The molecule has 7 nitrogen and oxygen atoms in total. The van der Waals surface area contributed by atoms with Crippen LogP contribution in [0.25, 0.3) is 0 Å². The molecule has 1 aromatic carbocycles. The van der Waals surface area contributed by atoms with E-state index in [0.29, 0.717) is 37.4 Å². The quantitative estimate of drug-likeness (QED) is 0.916. The van der Waals surface area contributed by atoms with Gasteiger partial charge in [0.25, 0.3) is 0 Å². The van der Waals surface area contributed by atoms with Crippen molar-refractivity contribution in [2.45, 2.75) is 6.42 Å². The van der Waals surface area contributed by atoms with E-state index in [4.69, 9.17) is 5.26 Å². The normalized spacial score (nSPS) is 13.8. The lowest BCUT2D eigenvalue weighted by Crippen LogP contribution is -2.52. The number of anilines is 1. The Morgan fingerprint density at radius 2 is 1.85 bits per heavy atom. The third kappa shape index (κ3) is 4.36. The van der Waals surface area contributed by atoms with E-state index in [1.54, 1.807) is 40.3 Å². The lowest BCUT2D eigenvalue weighted by atomic mass is 10.2. The average molecular weight is 349 g/mol. The van der Waals surface area contributed by atoms with Crippen molar-refractivity contribution in [2.24, 2.45) is 0 Å². The Morgan fingerprint density at radius 1 is 1.08 bits per heavy atom. The van der Waals surface area contributed by atoms with Gasteiger partial charge in [0.15, 0.2) is 0 Å². The third-order valence-electron chi connectivity index (χ3n) is 4.22. The van der Waals surface area contributed by atoms with Crippen LogP contribution in [-0.4, -0.2) is 52.9 Å². The molecule has 1 aromatic heterocycles. The number of urea groups is 1. The number of hydrogen-bond acceptors (Lipinski definition) is 4. The Balaban J connectivity index is 1.50. The van der Waals surface area contributed by atoms with Gasteiger partial charge in [0.1, 0.15) is 0 Å². The fourth-order valence-electron chi connectivity index (χ4n) is 2.80. The third-order valence-corrected chi connectivity index (χ3v) is 4.22. The number of amides is 3. The summed E-state index contributed by atoms with van der Waals surface area (Å²) in [5.41, 5.74) is 1.82. The van der Waals surface area contributed by atoms with Crippen LogP contribution in [0.1, 0.15) is 11.3 Å². The minimum absolute atomic E-state index is 0.0190. The predicted molar refractivity (Wildman–Crippen MR) is 96.3 cm³/mol. The molecule has 0 saturated carbocycles. The molecule has 0 aliphatic carbocycles. The largest absolute Gasteiger partial charge is 0.339 e. The summed E-state index contributed by atoms with van der Waals surface area (Å²) in [4.78, 5) is 32.3. The van der Waals surface area contributed by atoms with Crippen LogP contribution < -0.4 is 5.32 Å². The van der Waals surface area contributed by atoms with Gasteiger partial charge in [-0.05, 0) is 30.3 Å². The molecule has 0 spiro atoms. The van der Waals surface area contributed by atoms with Crippen LogP contribution in [0, 0.1) is 11.3 Å². The van der Waals surface area contributed by atoms with Crippen molar-refractivity contribution in [1.82, 2.24) is 14.8 Å². The Morgan fingerprint density at radius 3 is 2.54 bits per heavy atom. The second-order valence-electron chi connectivity index (χ2n) is 5.99. The van der Waals surface area contributed by atoms with Crippen LogP contribution in [0.3, 0.4) is 0 Å². The molecule has 1 N–H and O–H groups in total. The second kappa shape index (κ2) is 8.12. The molecule has 1 fully saturated rings. The molecule has 2 heterocycles. The number of carbonyl (C=O) groups is 2. The van der Waals surface area contributed by atoms with Gasteiger partial charge in [0.05, 0.1) is 18.1 Å². The van der Waals surface area contributed by atoms with Gasteiger partial charge in [-0.25, -0.2) is 4.79 Å². The zero-order valence-electron chi connectivity index (χ0n) is 14.3. The molecule has 1 aliphatic rings. The van der Waals surface area contributed by atoms with Crippen molar-refractivity contribution in [3.63, 3.8) is 0 Å². The van der Waals surface area contributed by atoms with Gasteiger partial charge in [-0.2, -0.15) is 5.26 Å². The Kier molecular flexibility index (Phi) is 5.44. The number of benzene rings is 1. The molecule has 1 saturated heterocycles. The number of hydrogen-bond donors (Lipinski definition) is 1. The SMILES string of the molecule is N#Cc1cccc(NC(=O)N2CCN(C(=O)Cc3ccccn3)CC2)c1. The van der Waals surface area contributed by atoms with Crippen LogP contribution >= 0.6 is 0 Å². The molecule has 0 radical (unpaired) electrons. The highest BCUT2D eigenvalue weighted by atomic mass is 16.2. The van der Waals surface area contributed by atoms with Gasteiger partial charge in [-0.15, -0.1) is 0 Å². The van der Waals surface area contributed by atoms with E-state index in [2.05, 4.69) is 10.3 Å². The lowest BCUT2D eigenvalue weighted by molar-refractivity contribution is -0.131. The summed E-state index contributed by atoms with van der Waals surface area (Å²) in [5, 5.41) is 11.7. The monoisotopic (exact) mass is 349 g/mol. The van der Waals surface area contributed by atoms with Crippen molar-refractivity contribution in [1.29, 1.82) is 5.26 Å². The molecule has 3 rings (SSSR count). The van der Waals surface area contributed by atoms with Gasteiger partial charge in [-0.3, -0.25) is 9.78 Å². The predicted octanol–water partition coefficient (Wildman–Crippen LogP) is 1.87. The number of pyridine rings is 1. The van der Waals surface area contributed by atoms with Crippen molar-refractivity contribution in [3.05, 3.63) is 59.9 Å². The minimum atomic E-state index is -0.225. The van der Waals surface area contributed by atoms with Gasteiger partial charge in [0, 0.05) is 43.8 Å². The number of aromatic nitrogens is 1. The van der Waals surface area contributed by atoms with Gasteiger partial charge in [-0.1, -0.05) is 12.1 Å². The average Bonchev–Trinajstić information content (AvgIpc) is 2.69. The molecule has 132 valence electrons. The number of nitrogens with one attached hydrogen (secondary N) is 1. The van der Waals surface area contributed by atoms with Crippen molar-refractivity contribution < 1.29 is 9.59 Å². The molecular formula is C19H19N5O2. The van der Waals surface area contributed by atoms with E-state index in [-0.39, 0.29) is 18.4 Å². The summed E-state index contributed by atoms with van der Waals surface area (Å²) in [5.74, 6) is 0.0190. The maximum absolute atomic E-state index is 12.4. The fraction of sp³-hybridized carbons (Fsp3) is 0.263. The van der Waals surface area contributed by atoms with E-state index < -0.39 is 0 Å². The van der Waals surface area contributed by atoms with E-state index in [1.807, 2.05) is 24.3 Å². The molecule has 0 atom stereocenters. The first-order valence-electron chi connectivity index (χ1n) is 8.39. The topological polar surface area (TPSA) is 89.3 Å². The fourth-order valence-corrected chi connectivity index (χ4v) is 2.80. The summed E-state index contributed by atoms with van der Waals surface area (Å²) in [6.07, 6.45) is 1.94. The van der Waals surface area contributed by atoms with Crippen molar-refractivity contribution in [2.75, 3.05) is 31.5 Å². The standard InChI is InChI=1S/C19H19N5O2/c20-14-15-4-3-6-17(12-15)22-19(26)24-10-8-23(9-11-24)18(25)13-16-5-1-2-7-21-16/h1-7,12H,8-11,13H2,(H,22,26).